The Hall–Kier alpha value is -1.75. The van der Waals surface area contributed by atoms with Gasteiger partial charge in [0.2, 0.25) is 0 Å². The molecule has 1 aliphatic heterocycles. The van der Waals surface area contributed by atoms with Crippen LogP contribution < -0.4 is 10.2 Å². The summed E-state index contributed by atoms with van der Waals surface area (Å²) in [5.74, 6) is 0. The Morgan fingerprint density at radius 1 is 1.43 bits per heavy atom. The maximum Gasteiger partial charge on any atom is 0.407 e. The predicted octanol–water partition coefficient (Wildman–Crippen LogP) is 2.98. The number of nitrogens with one attached hydrogen (secondary N) is 1. The molecule has 1 unspecified atom stereocenters. The van der Waals surface area contributed by atoms with E-state index < -0.39 is 11.7 Å². The van der Waals surface area contributed by atoms with E-state index >= 15 is 0 Å². The monoisotopic (exact) mass is 320 g/mol. The Bertz CT molecular complexity index is 525. The molecule has 0 aliphatic carbocycles. The third kappa shape index (κ3) is 5.75. The van der Waals surface area contributed by atoms with Gasteiger partial charge in [-0.2, -0.15) is 0 Å². The number of alkyl carbamates (subject to hydrolysis) is 1. The van der Waals surface area contributed by atoms with E-state index in [9.17, 15) is 4.79 Å². The molecule has 5 heteroatoms. The molecule has 0 radical (unpaired) electrons. The van der Waals surface area contributed by atoms with Gasteiger partial charge >= 0.3 is 6.09 Å². The first-order chi connectivity index (χ1) is 10.9. The summed E-state index contributed by atoms with van der Waals surface area (Å²) < 4.78 is 11.0. The van der Waals surface area contributed by atoms with Crippen molar-refractivity contribution in [3.63, 3.8) is 0 Å². The second-order valence-corrected chi connectivity index (χ2v) is 6.85. The fraction of sp³-hybridized carbons (Fsp3) is 0.611. The smallest absolute Gasteiger partial charge is 0.407 e. The Kier molecular flexibility index (Phi) is 5.88. The second-order valence-electron chi connectivity index (χ2n) is 6.85. The van der Waals surface area contributed by atoms with Crippen LogP contribution in [0.2, 0.25) is 0 Å². The van der Waals surface area contributed by atoms with Crippen LogP contribution in [0.5, 0.6) is 0 Å². The average Bonchev–Trinajstić information content (AvgIpc) is 2.52. The van der Waals surface area contributed by atoms with Crippen molar-refractivity contribution in [1.82, 2.24) is 5.32 Å². The van der Waals surface area contributed by atoms with Gasteiger partial charge in [0, 0.05) is 25.3 Å². The van der Waals surface area contributed by atoms with E-state index in [1.54, 1.807) is 0 Å². The lowest BCUT2D eigenvalue weighted by molar-refractivity contribution is 0.0283. The molecule has 1 fully saturated rings. The molecule has 1 atom stereocenters. The van der Waals surface area contributed by atoms with E-state index in [1.165, 1.54) is 11.3 Å². The number of amides is 1. The number of morpholine rings is 1. The molecular formula is C18H28N2O3. The average molecular weight is 320 g/mol. The predicted molar refractivity (Wildman–Crippen MR) is 92.0 cm³/mol. The summed E-state index contributed by atoms with van der Waals surface area (Å²) in [7, 11) is 0. The number of anilines is 1. The molecule has 1 aromatic rings. The van der Waals surface area contributed by atoms with E-state index in [-0.39, 0.29) is 6.10 Å². The van der Waals surface area contributed by atoms with Gasteiger partial charge in [-0.05, 0) is 44.9 Å². The number of benzene rings is 1. The maximum atomic E-state index is 11.7. The summed E-state index contributed by atoms with van der Waals surface area (Å²) in [4.78, 5) is 14.0. The number of carbonyl (C=O) groups excluding carboxylic acids is 1. The fourth-order valence-electron chi connectivity index (χ4n) is 2.56. The zero-order chi connectivity index (χ0) is 16.9. The van der Waals surface area contributed by atoms with Crippen LogP contribution in [0, 0.1) is 0 Å². The number of rotatable bonds is 4. The summed E-state index contributed by atoms with van der Waals surface area (Å²) in [5.41, 5.74) is 2.07. The van der Waals surface area contributed by atoms with Crippen LogP contribution in [0.1, 0.15) is 33.3 Å². The van der Waals surface area contributed by atoms with Crippen molar-refractivity contribution in [2.75, 3.05) is 31.1 Å². The highest BCUT2D eigenvalue weighted by molar-refractivity contribution is 5.67. The number of carbonyl (C=O) groups is 1. The van der Waals surface area contributed by atoms with Crippen molar-refractivity contribution < 1.29 is 14.3 Å². The van der Waals surface area contributed by atoms with Gasteiger partial charge in [-0.1, -0.05) is 19.1 Å². The molecule has 5 nitrogen and oxygen atoms in total. The van der Waals surface area contributed by atoms with Crippen molar-refractivity contribution in [3.8, 4) is 0 Å². The van der Waals surface area contributed by atoms with E-state index in [0.29, 0.717) is 13.2 Å². The lowest BCUT2D eigenvalue weighted by Gasteiger charge is -2.35. The minimum Gasteiger partial charge on any atom is -0.444 e. The summed E-state index contributed by atoms with van der Waals surface area (Å²) >= 11 is 0. The maximum absolute atomic E-state index is 11.7. The highest BCUT2D eigenvalue weighted by atomic mass is 16.6. The molecule has 23 heavy (non-hydrogen) atoms. The van der Waals surface area contributed by atoms with Crippen LogP contribution in [0.3, 0.4) is 0 Å². The highest BCUT2D eigenvalue weighted by Gasteiger charge is 2.23. The minimum absolute atomic E-state index is 0.0263. The Balaban J connectivity index is 1.87. The molecule has 1 heterocycles. The van der Waals surface area contributed by atoms with Crippen LogP contribution in [0.15, 0.2) is 24.3 Å². The normalized spacial score (nSPS) is 18.6. The van der Waals surface area contributed by atoms with E-state index in [2.05, 4.69) is 41.4 Å². The molecule has 1 aliphatic rings. The number of nitrogens with zero attached hydrogens (tertiary/aromatic N) is 1. The van der Waals surface area contributed by atoms with Crippen molar-refractivity contribution in [2.45, 2.75) is 45.8 Å². The number of hydrogen-bond donors (Lipinski definition) is 1. The Morgan fingerprint density at radius 2 is 2.22 bits per heavy atom. The van der Waals surface area contributed by atoms with E-state index in [0.717, 1.165) is 19.5 Å². The van der Waals surface area contributed by atoms with Crippen molar-refractivity contribution in [3.05, 3.63) is 29.8 Å². The highest BCUT2D eigenvalue weighted by Crippen LogP contribution is 2.19. The third-order valence-corrected chi connectivity index (χ3v) is 3.70. The van der Waals surface area contributed by atoms with Crippen LogP contribution in [-0.2, 0) is 15.9 Å². The van der Waals surface area contributed by atoms with E-state index in [1.807, 2.05) is 20.8 Å². The van der Waals surface area contributed by atoms with Gasteiger partial charge in [0.25, 0.3) is 0 Å². The lowest BCUT2D eigenvalue weighted by atomic mass is 10.1. The molecule has 1 saturated heterocycles. The molecule has 1 amide bonds. The van der Waals surface area contributed by atoms with Gasteiger partial charge in [0.1, 0.15) is 5.60 Å². The first-order valence-corrected chi connectivity index (χ1v) is 8.29. The zero-order valence-corrected chi connectivity index (χ0v) is 14.6. The second kappa shape index (κ2) is 7.68. The van der Waals surface area contributed by atoms with Crippen molar-refractivity contribution in [1.29, 1.82) is 0 Å². The third-order valence-electron chi connectivity index (χ3n) is 3.70. The zero-order valence-electron chi connectivity index (χ0n) is 14.6. The Morgan fingerprint density at radius 3 is 2.91 bits per heavy atom. The van der Waals surface area contributed by atoms with Crippen LogP contribution in [0.4, 0.5) is 10.5 Å². The Labute approximate surface area is 139 Å². The quantitative estimate of drug-likeness (QED) is 0.926. The molecule has 1 N–H and O–H groups in total. The van der Waals surface area contributed by atoms with E-state index in [4.69, 9.17) is 9.47 Å². The van der Waals surface area contributed by atoms with Crippen molar-refractivity contribution in [2.24, 2.45) is 0 Å². The summed E-state index contributed by atoms with van der Waals surface area (Å²) in [6.45, 7) is 10.5. The standard InChI is InChI=1S/C18H28N2O3/c1-5-14-7-6-8-15(11-14)20-9-10-22-16(13-20)12-19-17(21)23-18(2,3)4/h6-8,11,16H,5,9-10,12-13H2,1-4H3,(H,19,21). The van der Waals surface area contributed by atoms with Gasteiger partial charge in [0.15, 0.2) is 0 Å². The number of aryl methyl sites for hydroxylation is 1. The van der Waals surface area contributed by atoms with Gasteiger partial charge < -0.3 is 19.7 Å². The number of hydrogen-bond acceptors (Lipinski definition) is 4. The molecule has 0 aromatic heterocycles. The van der Waals surface area contributed by atoms with Gasteiger partial charge in [-0.15, -0.1) is 0 Å². The molecule has 1 aromatic carbocycles. The molecule has 0 saturated carbocycles. The first kappa shape index (κ1) is 17.6. The van der Waals surface area contributed by atoms with Gasteiger partial charge in [-0.3, -0.25) is 0 Å². The largest absolute Gasteiger partial charge is 0.444 e. The number of ether oxygens (including phenoxy) is 2. The van der Waals surface area contributed by atoms with Gasteiger partial charge in [-0.25, -0.2) is 4.79 Å². The molecule has 0 bridgehead atoms. The molecular weight excluding hydrogens is 292 g/mol. The summed E-state index contributed by atoms with van der Waals surface area (Å²) in [6, 6.07) is 8.59. The van der Waals surface area contributed by atoms with Crippen LogP contribution >= 0.6 is 0 Å². The SMILES string of the molecule is CCc1cccc(N2CCOC(CNC(=O)OC(C)(C)C)C2)c1. The topological polar surface area (TPSA) is 50.8 Å². The van der Waals surface area contributed by atoms with Crippen LogP contribution in [0.25, 0.3) is 0 Å². The fourth-order valence-corrected chi connectivity index (χ4v) is 2.56. The summed E-state index contributed by atoms with van der Waals surface area (Å²) in [5, 5.41) is 2.79. The summed E-state index contributed by atoms with van der Waals surface area (Å²) in [6.07, 6.45) is 0.606. The van der Waals surface area contributed by atoms with Crippen molar-refractivity contribution >= 4 is 11.8 Å². The molecule has 2 rings (SSSR count). The molecule has 0 spiro atoms. The molecule has 128 valence electrons. The van der Waals surface area contributed by atoms with Gasteiger partial charge in [0.05, 0.1) is 12.7 Å². The lowest BCUT2D eigenvalue weighted by Crippen LogP contribution is -2.48. The first-order valence-electron chi connectivity index (χ1n) is 8.29. The van der Waals surface area contributed by atoms with Crippen LogP contribution in [-0.4, -0.2) is 44.0 Å². The minimum atomic E-state index is -0.482.